The van der Waals surface area contributed by atoms with E-state index in [2.05, 4.69) is 20.8 Å². The molecule has 2 aliphatic heterocycles. The van der Waals surface area contributed by atoms with Crippen molar-refractivity contribution in [2.45, 2.75) is 24.2 Å². The molecule has 1 amide bonds. The van der Waals surface area contributed by atoms with E-state index in [4.69, 9.17) is 0 Å². The number of hydrogen-bond donors (Lipinski definition) is 0. The third-order valence-corrected chi connectivity index (χ3v) is 7.76. The molecule has 0 unspecified atom stereocenters. The minimum Gasteiger partial charge on any atom is -0.342 e. The molecule has 2 fully saturated rings. The Balaban J connectivity index is 1.56. The molecule has 0 bridgehead atoms. The highest BCUT2D eigenvalue weighted by molar-refractivity contribution is 9.10. The highest BCUT2D eigenvalue weighted by Crippen LogP contribution is 2.25. The van der Waals surface area contributed by atoms with Gasteiger partial charge < -0.3 is 4.90 Å². The Kier molecular flexibility index (Phi) is 6.14. The van der Waals surface area contributed by atoms with Gasteiger partial charge in [-0.15, -0.1) is 0 Å². The normalized spacial score (nSPS) is 20.6. The SMILES string of the molecule is O=C(CN1CCN(S(=O)(=O)c2ccccc2Br)CC1)N1CCCCC1. The molecule has 6 nitrogen and oxygen atoms in total. The summed E-state index contributed by atoms with van der Waals surface area (Å²) in [5.74, 6) is 0.168. The second-order valence-electron chi connectivity index (χ2n) is 6.55. The van der Waals surface area contributed by atoms with Crippen molar-refractivity contribution in [2.75, 3.05) is 45.8 Å². The number of nitrogens with zero attached hydrogens (tertiary/aromatic N) is 3. The lowest BCUT2D eigenvalue weighted by atomic mass is 10.1. The second kappa shape index (κ2) is 8.16. The molecule has 2 aliphatic rings. The van der Waals surface area contributed by atoms with Gasteiger partial charge in [-0.3, -0.25) is 9.69 Å². The number of amides is 1. The predicted octanol–water partition coefficient (Wildman–Crippen LogP) is 1.77. The summed E-state index contributed by atoms with van der Waals surface area (Å²) in [4.78, 5) is 16.7. The fraction of sp³-hybridized carbons (Fsp3) is 0.588. The summed E-state index contributed by atoms with van der Waals surface area (Å²) in [5.41, 5.74) is 0. The summed E-state index contributed by atoms with van der Waals surface area (Å²) < 4.78 is 27.7. The molecule has 1 aromatic carbocycles. The Hall–Kier alpha value is -0.960. The quantitative estimate of drug-likeness (QED) is 0.731. The van der Waals surface area contributed by atoms with E-state index in [1.807, 2.05) is 4.90 Å². The van der Waals surface area contributed by atoms with Gasteiger partial charge in [0, 0.05) is 43.7 Å². The molecule has 2 saturated heterocycles. The van der Waals surface area contributed by atoms with Gasteiger partial charge in [0.25, 0.3) is 0 Å². The van der Waals surface area contributed by atoms with Crippen LogP contribution in [0.15, 0.2) is 33.6 Å². The lowest BCUT2D eigenvalue weighted by Gasteiger charge is -2.35. The summed E-state index contributed by atoms with van der Waals surface area (Å²) >= 11 is 3.32. The number of sulfonamides is 1. The number of halogens is 1. The summed E-state index contributed by atoms with van der Waals surface area (Å²) in [6.07, 6.45) is 3.38. The highest BCUT2D eigenvalue weighted by atomic mass is 79.9. The average molecular weight is 430 g/mol. The van der Waals surface area contributed by atoms with Crippen molar-refractivity contribution in [3.8, 4) is 0 Å². The van der Waals surface area contributed by atoms with Gasteiger partial charge >= 0.3 is 0 Å². The van der Waals surface area contributed by atoms with Gasteiger partial charge in [-0.05, 0) is 47.3 Å². The fourth-order valence-corrected chi connectivity index (χ4v) is 5.74. The number of carbonyl (C=O) groups excluding carboxylic acids is 1. The van der Waals surface area contributed by atoms with Crippen LogP contribution in [-0.4, -0.2) is 74.2 Å². The van der Waals surface area contributed by atoms with Crippen LogP contribution < -0.4 is 0 Å². The molecule has 0 aromatic heterocycles. The van der Waals surface area contributed by atoms with Crippen LogP contribution in [0.25, 0.3) is 0 Å². The summed E-state index contributed by atoms with van der Waals surface area (Å²) in [7, 11) is -3.50. The largest absolute Gasteiger partial charge is 0.342 e. The first-order valence-electron chi connectivity index (χ1n) is 8.73. The zero-order chi connectivity index (χ0) is 17.9. The van der Waals surface area contributed by atoms with Gasteiger partial charge in [0.1, 0.15) is 0 Å². The van der Waals surface area contributed by atoms with Gasteiger partial charge in [-0.2, -0.15) is 4.31 Å². The molecule has 2 heterocycles. The molecule has 0 atom stereocenters. The van der Waals surface area contributed by atoms with Crippen molar-refractivity contribution in [1.82, 2.24) is 14.1 Å². The zero-order valence-corrected chi connectivity index (χ0v) is 16.6. The van der Waals surface area contributed by atoms with Crippen molar-refractivity contribution >= 4 is 31.9 Å². The first kappa shape index (κ1) is 18.8. The number of hydrogen-bond acceptors (Lipinski definition) is 4. The van der Waals surface area contributed by atoms with Crippen LogP contribution in [0.4, 0.5) is 0 Å². The smallest absolute Gasteiger partial charge is 0.244 e. The molecule has 0 N–H and O–H groups in total. The summed E-state index contributed by atoms with van der Waals surface area (Å²) in [6, 6.07) is 6.88. The van der Waals surface area contributed by atoms with Crippen molar-refractivity contribution < 1.29 is 13.2 Å². The monoisotopic (exact) mass is 429 g/mol. The van der Waals surface area contributed by atoms with Crippen molar-refractivity contribution in [2.24, 2.45) is 0 Å². The van der Waals surface area contributed by atoms with Crippen LogP contribution in [0, 0.1) is 0 Å². The maximum absolute atomic E-state index is 12.8. The number of piperidine rings is 1. The maximum atomic E-state index is 12.8. The van der Waals surface area contributed by atoms with E-state index in [1.165, 1.54) is 10.7 Å². The van der Waals surface area contributed by atoms with E-state index >= 15 is 0 Å². The number of likely N-dealkylation sites (tertiary alicyclic amines) is 1. The Morgan fingerprint density at radius 2 is 1.60 bits per heavy atom. The van der Waals surface area contributed by atoms with Crippen LogP contribution >= 0.6 is 15.9 Å². The highest BCUT2D eigenvalue weighted by Gasteiger charge is 2.30. The van der Waals surface area contributed by atoms with Gasteiger partial charge in [-0.1, -0.05) is 12.1 Å². The van der Waals surface area contributed by atoms with Crippen molar-refractivity contribution in [3.63, 3.8) is 0 Å². The Morgan fingerprint density at radius 1 is 0.960 bits per heavy atom. The third kappa shape index (κ3) is 4.42. The van der Waals surface area contributed by atoms with Gasteiger partial charge in [0.05, 0.1) is 11.4 Å². The lowest BCUT2D eigenvalue weighted by molar-refractivity contribution is -0.133. The molecule has 3 rings (SSSR count). The number of piperazine rings is 1. The third-order valence-electron chi connectivity index (χ3n) is 4.85. The Labute approximate surface area is 158 Å². The van der Waals surface area contributed by atoms with Crippen LogP contribution in [0.2, 0.25) is 0 Å². The van der Waals surface area contributed by atoms with Crippen molar-refractivity contribution in [1.29, 1.82) is 0 Å². The predicted molar refractivity (Wildman–Crippen MR) is 99.8 cm³/mol. The molecule has 25 heavy (non-hydrogen) atoms. The molecule has 0 spiro atoms. The minimum absolute atomic E-state index is 0.168. The van der Waals surface area contributed by atoms with E-state index in [0.29, 0.717) is 42.1 Å². The Morgan fingerprint density at radius 3 is 2.24 bits per heavy atom. The lowest BCUT2D eigenvalue weighted by Crippen LogP contribution is -2.51. The maximum Gasteiger partial charge on any atom is 0.244 e. The number of carbonyl (C=O) groups is 1. The Bertz CT molecular complexity index is 712. The molecule has 0 aliphatic carbocycles. The van der Waals surface area contributed by atoms with E-state index in [0.717, 1.165) is 25.9 Å². The zero-order valence-electron chi connectivity index (χ0n) is 14.2. The molecule has 138 valence electrons. The van der Waals surface area contributed by atoms with Crippen LogP contribution in [0.3, 0.4) is 0 Å². The van der Waals surface area contributed by atoms with E-state index < -0.39 is 10.0 Å². The van der Waals surface area contributed by atoms with Crippen LogP contribution in [-0.2, 0) is 14.8 Å². The van der Waals surface area contributed by atoms with Gasteiger partial charge in [0.15, 0.2) is 0 Å². The first-order chi connectivity index (χ1) is 12.0. The van der Waals surface area contributed by atoms with E-state index in [9.17, 15) is 13.2 Å². The summed E-state index contributed by atoms with van der Waals surface area (Å²) in [6.45, 7) is 4.10. The first-order valence-corrected chi connectivity index (χ1v) is 11.0. The number of rotatable bonds is 4. The average Bonchev–Trinajstić information content (AvgIpc) is 2.63. The minimum atomic E-state index is -3.50. The fourth-order valence-electron chi connectivity index (χ4n) is 3.36. The molecule has 8 heteroatoms. The molecular weight excluding hydrogens is 406 g/mol. The molecular formula is C17H24BrN3O3S. The van der Waals surface area contributed by atoms with Crippen molar-refractivity contribution in [3.05, 3.63) is 28.7 Å². The molecule has 1 aromatic rings. The van der Waals surface area contributed by atoms with Crippen LogP contribution in [0.5, 0.6) is 0 Å². The number of benzene rings is 1. The van der Waals surface area contributed by atoms with Gasteiger partial charge in [-0.25, -0.2) is 8.42 Å². The van der Waals surface area contributed by atoms with Crippen LogP contribution in [0.1, 0.15) is 19.3 Å². The molecule has 0 radical (unpaired) electrons. The summed E-state index contributed by atoms with van der Waals surface area (Å²) in [5, 5.41) is 0. The standard InChI is InChI=1S/C17H24BrN3O3S/c18-15-6-2-3-7-16(15)25(23,24)21-12-10-19(11-13-21)14-17(22)20-8-4-1-5-9-20/h2-3,6-7H,1,4-5,8-14H2. The van der Waals surface area contributed by atoms with E-state index in [-0.39, 0.29) is 5.91 Å². The topological polar surface area (TPSA) is 60.9 Å². The second-order valence-corrected chi connectivity index (χ2v) is 9.31. The molecule has 0 saturated carbocycles. The van der Waals surface area contributed by atoms with Gasteiger partial charge in [0.2, 0.25) is 15.9 Å². The van der Waals surface area contributed by atoms with E-state index in [1.54, 1.807) is 24.3 Å².